The molecular formula is C18H23N3O4. The number of hydrogen-bond donors (Lipinski definition) is 0. The summed E-state index contributed by atoms with van der Waals surface area (Å²) >= 11 is 0. The number of benzene rings is 1. The lowest BCUT2D eigenvalue weighted by Crippen LogP contribution is -2.36. The molecule has 1 aromatic carbocycles. The van der Waals surface area contributed by atoms with Crippen molar-refractivity contribution in [3.63, 3.8) is 0 Å². The maximum Gasteiger partial charge on any atom is 0.260 e. The summed E-state index contributed by atoms with van der Waals surface area (Å²) in [6, 6.07) is 7.42. The quantitative estimate of drug-likeness (QED) is 0.801. The Balaban J connectivity index is 1.59. The highest BCUT2D eigenvalue weighted by Crippen LogP contribution is 2.29. The van der Waals surface area contributed by atoms with E-state index in [1.807, 2.05) is 26.0 Å². The molecule has 2 heterocycles. The van der Waals surface area contributed by atoms with Crippen molar-refractivity contribution in [1.82, 2.24) is 15.0 Å². The Morgan fingerprint density at radius 3 is 2.76 bits per heavy atom. The standard InChI is InChI=1S/C18H23N3O4/c1-12(2)21(3)16(22)11-24-14-8-6-13(7-9-14)17-19-18(25-20-17)15-5-4-10-23-15/h6-9,12,15H,4-5,10-11H2,1-3H3/t15-/m1/s1. The Labute approximate surface area is 146 Å². The molecule has 0 aliphatic carbocycles. The second-order valence-corrected chi connectivity index (χ2v) is 6.37. The van der Waals surface area contributed by atoms with Crippen LogP contribution in [0, 0.1) is 0 Å². The zero-order valence-corrected chi connectivity index (χ0v) is 14.8. The van der Waals surface area contributed by atoms with Gasteiger partial charge in [-0.2, -0.15) is 4.98 Å². The van der Waals surface area contributed by atoms with Gasteiger partial charge in [0.15, 0.2) is 6.61 Å². The molecule has 0 radical (unpaired) electrons. The second kappa shape index (κ2) is 7.65. The van der Waals surface area contributed by atoms with Gasteiger partial charge in [-0.05, 0) is 51.0 Å². The minimum absolute atomic E-state index is 0.0133. The predicted octanol–water partition coefficient (Wildman–Crippen LogP) is 2.83. The molecule has 7 heteroatoms. The Morgan fingerprint density at radius 1 is 1.36 bits per heavy atom. The normalized spacial score (nSPS) is 17.0. The second-order valence-electron chi connectivity index (χ2n) is 6.37. The van der Waals surface area contributed by atoms with E-state index in [0.29, 0.717) is 17.5 Å². The first kappa shape index (κ1) is 17.4. The lowest BCUT2D eigenvalue weighted by molar-refractivity contribution is -0.133. The molecule has 3 rings (SSSR count). The molecule has 0 bridgehead atoms. The monoisotopic (exact) mass is 345 g/mol. The number of likely N-dealkylation sites (N-methyl/N-ethyl adjacent to an activating group) is 1. The van der Waals surface area contributed by atoms with Crippen molar-refractivity contribution in [2.45, 2.75) is 38.8 Å². The third kappa shape index (κ3) is 4.17. The van der Waals surface area contributed by atoms with Gasteiger partial charge < -0.3 is 18.9 Å². The van der Waals surface area contributed by atoms with Crippen LogP contribution >= 0.6 is 0 Å². The number of rotatable bonds is 6. The Hall–Kier alpha value is -2.41. The fourth-order valence-corrected chi connectivity index (χ4v) is 2.49. The van der Waals surface area contributed by atoms with E-state index in [-0.39, 0.29) is 24.7 Å². The van der Waals surface area contributed by atoms with Crippen LogP contribution in [0.25, 0.3) is 11.4 Å². The molecule has 1 atom stereocenters. The molecule has 0 N–H and O–H groups in total. The van der Waals surface area contributed by atoms with Gasteiger partial charge in [-0.1, -0.05) is 5.16 Å². The SMILES string of the molecule is CC(C)N(C)C(=O)COc1ccc(-c2noc([C@H]3CCCO3)n2)cc1. The number of aromatic nitrogens is 2. The Morgan fingerprint density at radius 2 is 2.12 bits per heavy atom. The molecule has 1 fully saturated rings. The van der Waals surface area contributed by atoms with Gasteiger partial charge in [0.05, 0.1) is 0 Å². The number of ether oxygens (including phenoxy) is 2. The maximum absolute atomic E-state index is 11.9. The molecule has 1 saturated heterocycles. The summed E-state index contributed by atoms with van der Waals surface area (Å²) in [6.07, 6.45) is 1.83. The van der Waals surface area contributed by atoms with E-state index >= 15 is 0 Å². The Bertz CT molecular complexity index is 705. The molecule has 1 aliphatic heterocycles. The van der Waals surface area contributed by atoms with Gasteiger partial charge in [0.2, 0.25) is 5.82 Å². The van der Waals surface area contributed by atoms with Crippen molar-refractivity contribution in [3.8, 4) is 17.1 Å². The van der Waals surface area contributed by atoms with E-state index in [1.54, 1.807) is 24.1 Å². The van der Waals surface area contributed by atoms with E-state index in [0.717, 1.165) is 25.0 Å². The van der Waals surface area contributed by atoms with Crippen molar-refractivity contribution >= 4 is 5.91 Å². The lowest BCUT2D eigenvalue weighted by atomic mass is 10.2. The summed E-state index contributed by atoms with van der Waals surface area (Å²) in [5.74, 6) is 1.61. The minimum atomic E-state index is -0.0900. The first-order valence-electron chi connectivity index (χ1n) is 8.48. The average molecular weight is 345 g/mol. The van der Waals surface area contributed by atoms with Crippen LogP contribution in [0.5, 0.6) is 5.75 Å². The Kier molecular flexibility index (Phi) is 5.33. The number of amides is 1. The molecule has 0 spiro atoms. The van der Waals surface area contributed by atoms with Gasteiger partial charge in [0.1, 0.15) is 11.9 Å². The number of carbonyl (C=O) groups is 1. The van der Waals surface area contributed by atoms with Crippen LogP contribution in [0.2, 0.25) is 0 Å². The van der Waals surface area contributed by atoms with Gasteiger partial charge in [0, 0.05) is 25.3 Å². The van der Waals surface area contributed by atoms with Crippen molar-refractivity contribution in [3.05, 3.63) is 30.2 Å². The molecule has 1 aliphatic rings. The van der Waals surface area contributed by atoms with Gasteiger partial charge in [-0.25, -0.2) is 0 Å². The van der Waals surface area contributed by atoms with Crippen LogP contribution in [-0.2, 0) is 9.53 Å². The van der Waals surface area contributed by atoms with Crippen LogP contribution in [-0.4, -0.2) is 47.3 Å². The molecule has 2 aromatic rings. The number of hydrogen-bond acceptors (Lipinski definition) is 6. The van der Waals surface area contributed by atoms with E-state index < -0.39 is 0 Å². The number of nitrogens with zero attached hydrogens (tertiary/aromatic N) is 3. The third-order valence-corrected chi connectivity index (χ3v) is 4.29. The molecule has 0 saturated carbocycles. The minimum Gasteiger partial charge on any atom is -0.484 e. The zero-order chi connectivity index (χ0) is 17.8. The van der Waals surface area contributed by atoms with Gasteiger partial charge in [0.25, 0.3) is 11.8 Å². The molecule has 134 valence electrons. The van der Waals surface area contributed by atoms with E-state index in [1.165, 1.54) is 0 Å². The van der Waals surface area contributed by atoms with E-state index in [4.69, 9.17) is 14.0 Å². The zero-order valence-electron chi connectivity index (χ0n) is 14.8. The van der Waals surface area contributed by atoms with Gasteiger partial charge in [-0.15, -0.1) is 0 Å². The van der Waals surface area contributed by atoms with Crippen molar-refractivity contribution in [2.24, 2.45) is 0 Å². The first-order chi connectivity index (χ1) is 12.0. The fraction of sp³-hybridized carbons (Fsp3) is 0.500. The van der Waals surface area contributed by atoms with Crippen LogP contribution in [0.4, 0.5) is 0 Å². The number of carbonyl (C=O) groups excluding carboxylic acids is 1. The highest BCUT2D eigenvalue weighted by Gasteiger charge is 2.24. The van der Waals surface area contributed by atoms with Crippen LogP contribution in [0.15, 0.2) is 28.8 Å². The van der Waals surface area contributed by atoms with Crippen molar-refractivity contribution in [2.75, 3.05) is 20.3 Å². The molecule has 1 amide bonds. The predicted molar refractivity (Wildman–Crippen MR) is 91.1 cm³/mol. The van der Waals surface area contributed by atoms with Crippen molar-refractivity contribution in [1.29, 1.82) is 0 Å². The van der Waals surface area contributed by atoms with Crippen LogP contribution in [0.3, 0.4) is 0 Å². The third-order valence-electron chi connectivity index (χ3n) is 4.29. The highest BCUT2D eigenvalue weighted by atomic mass is 16.5. The summed E-state index contributed by atoms with van der Waals surface area (Å²) in [7, 11) is 1.77. The first-order valence-corrected chi connectivity index (χ1v) is 8.48. The summed E-state index contributed by atoms with van der Waals surface area (Å²) in [4.78, 5) is 18.0. The largest absolute Gasteiger partial charge is 0.484 e. The lowest BCUT2D eigenvalue weighted by Gasteiger charge is -2.21. The van der Waals surface area contributed by atoms with Crippen LogP contribution in [0.1, 0.15) is 38.7 Å². The summed E-state index contributed by atoms with van der Waals surface area (Å²) < 4.78 is 16.4. The molecule has 0 unspecified atom stereocenters. The molecular weight excluding hydrogens is 322 g/mol. The highest BCUT2D eigenvalue weighted by molar-refractivity contribution is 5.77. The average Bonchev–Trinajstić information content (AvgIpc) is 3.30. The molecule has 25 heavy (non-hydrogen) atoms. The molecule has 1 aromatic heterocycles. The topological polar surface area (TPSA) is 77.7 Å². The maximum atomic E-state index is 11.9. The van der Waals surface area contributed by atoms with E-state index in [9.17, 15) is 4.79 Å². The summed E-state index contributed by atoms with van der Waals surface area (Å²) in [5.41, 5.74) is 0.825. The summed E-state index contributed by atoms with van der Waals surface area (Å²) in [5, 5.41) is 4.01. The smallest absolute Gasteiger partial charge is 0.260 e. The van der Waals surface area contributed by atoms with Crippen molar-refractivity contribution < 1.29 is 18.8 Å². The van der Waals surface area contributed by atoms with E-state index in [2.05, 4.69) is 10.1 Å². The van der Waals surface area contributed by atoms with Gasteiger partial charge >= 0.3 is 0 Å². The summed E-state index contributed by atoms with van der Waals surface area (Å²) in [6.45, 7) is 4.67. The molecule has 7 nitrogen and oxygen atoms in total. The van der Waals surface area contributed by atoms with Gasteiger partial charge in [-0.3, -0.25) is 4.79 Å². The fourth-order valence-electron chi connectivity index (χ4n) is 2.49. The van der Waals surface area contributed by atoms with Crippen LogP contribution < -0.4 is 4.74 Å².